The number of aliphatic imine (C=N–C) groups is 1. The van der Waals surface area contributed by atoms with E-state index in [-0.39, 0.29) is 11.9 Å². The van der Waals surface area contributed by atoms with Crippen molar-refractivity contribution in [2.45, 2.75) is 70.9 Å². The van der Waals surface area contributed by atoms with Gasteiger partial charge in [0, 0.05) is 40.3 Å². The number of hydrogen-bond donors (Lipinski definition) is 2. The predicted molar refractivity (Wildman–Crippen MR) is 106 cm³/mol. The van der Waals surface area contributed by atoms with Crippen molar-refractivity contribution in [1.29, 1.82) is 0 Å². The molecule has 1 aliphatic heterocycles. The lowest BCUT2D eigenvalue weighted by Crippen LogP contribution is -2.45. The summed E-state index contributed by atoms with van der Waals surface area (Å²) in [6, 6.07) is 0.518. The van der Waals surface area contributed by atoms with Gasteiger partial charge in [-0.15, -0.1) is 0 Å². The number of rotatable bonds is 10. The monoisotopic (exact) mass is 353 g/mol. The summed E-state index contributed by atoms with van der Waals surface area (Å²) in [5.74, 6) is 1.12. The van der Waals surface area contributed by atoms with E-state index in [1.54, 1.807) is 4.90 Å². The first kappa shape index (κ1) is 21.7. The van der Waals surface area contributed by atoms with Crippen molar-refractivity contribution in [2.24, 2.45) is 4.99 Å². The number of carbonyl (C=O) groups is 1. The molecule has 1 amide bonds. The summed E-state index contributed by atoms with van der Waals surface area (Å²) in [6.45, 7) is 7.31. The molecule has 6 nitrogen and oxygen atoms in total. The van der Waals surface area contributed by atoms with E-state index in [9.17, 15) is 4.79 Å². The van der Waals surface area contributed by atoms with Gasteiger partial charge in [0.2, 0.25) is 5.91 Å². The van der Waals surface area contributed by atoms with Crippen molar-refractivity contribution in [1.82, 2.24) is 20.4 Å². The molecule has 1 fully saturated rings. The quantitative estimate of drug-likeness (QED) is 0.359. The van der Waals surface area contributed by atoms with Crippen LogP contribution in [0, 0.1) is 0 Å². The maximum Gasteiger partial charge on any atom is 0.239 e. The van der Waals surface area contributed by atoms with Gasteiger partial charge in [0.05, 0.1) is 6.04 Å². The standard InChI is InChI=1S/C19H39N5O/c1-6-7-8-11-16(2)22-19(20-3)21-13-10-15-24-14-9-12-17(24)18(25)23(4)5/h16-17H,6-15H2,1-5H3,(H2,20,21,22). The van der Waals surface area contributed by atoms with Crippen molar-refractivity contribution < 1.29 is 4.79 Å². The minimum atomic E-state index is 0.0750. The molecular formula is C19H39N5O. The Kier molecular flexibility index (Phi) is 10.5. The van der Waals surface area contributed by atoms with Crippen LogP contribution in [0.4, 0.5) is 0 Å². The predicted octanol–water partition coefficient (Wildman–Crippen LogP) is 2.06. The average molecular weight is 354 g/mol. The molecule has 0 radical (unpaired) electrons. The number of likely N-dealkylation sites (N-methyl/N-ethyl adjacent to an activating group) is 1. The molecule has 0 aromatic rings. The molecule has 25 heavy (non-hydrogen) atoms. The van der Waals surface area contributed by atoms with Crippen LogP contribution in [0.15, 0.2) is 4.99 Å². The zero-order valence-electron chi connectivity index (χ0n) is 17.0. The van der Waals surface area contributed by atoms with Gasteiger partial charge in [0.1, 0.15) is 0 Å². The van der Waals surface area contributed by atoms with Crippen LogP contribution in [0.1, 0.15) is 58.8 Å². The fraction of sp³-hybridized carbons (Fsp3) is 0.895. The number of guanidine groups is 1. The van der Waals surface area contributed by atoms with E-state index in [4.69, 9.17) is 0 Å². The molecule has 2 N–H and O–H groups in total. The second-order valence-corrected chi connectivity index (χ2v) is 7.32. The van der Waals surface area contributed by atoms with Gasteiger partial charge < -0.3 is 15.5 Å². The van der Waals surface area contributed by atoms with Crippen LogP contribution >= 0.6 is 0 Å². The van der Waals surface area contributed by atoms with E-state index in [0.29, 0.717) is 6.04 Å². The van der Waals surface area contributed by atoms with Gasteiger partial charge >= 0.3 is 0 Å². The van der Waals surface area contributed by atoms with Crippen molar-refractivity contribution in [3.8, 4) is 0 Å². The summed E-state index contributed by atoms with van der Waals surface area (Å²) < 4.78 is 0. The summed E-state index contributed by atoms with van der Waals surface area (Å²) in [7, 11) is 5.51. The Hall–Kier alpha value is -1.30. The highest BCUT2D eigenvalue weighted by molar-refractivity contribution is 5.81. The minimum Gasteiger partial charge on any atom is -0.356 e. The fourth-order valence-electron chi connectivity index (χ4n) is 3.36. The van der Waals surface area contributed by atoms with Crippen molar-refractivity contribution >= 4 is 11.9 Å². The smallest absolute Gasteiger partial charge is 0.239 e. The van der Waals surface area contributed by atoms with E-state index < -0.39 is 0 Å². The Morgan fingerprint density at radius 2 is 2.08 bits per heavy atom. The molecule has 1 heterocycles. The third-order valence-corrected chi connectivity index (χ3v) is 4.85. The Bertz CT molecular complexity index is 411. The van der Waals surface area contributed by atoms with Crippen molar-refractivity contribution in [2.75, 3.05) is 40.8 Å². The van der Waals surface area contributed by atoms with E-state index in [0.717, 1.165) is 44.9 Å². The Labute approximate surface area is 154 Å². The van der Waals surface area contributed by atoms with Gasteiger partial charge in [0.15, 0.2) is 5.96 Å². The van der Waals surface area contributed by atoms with Crippen LogP contribution in [-0.4, -0.2) is 74.5 Å². The second kappa shape index (κ2) is 12.1. The zero-order chi connectivity index (χ0) is 18.7. The van der Waals surface area contributed by atoms with E-state index in [2.05, 4.69) is 34.4 Å². The molecule has 1 aliphatic rings. The molecule has 1 rings (SSSR count). The Morgan fingerprint density at radius 1 is 1.32 bits per heavy atom. The molecule has 1 saturated heterocycles. The number of nitrogens with one attached hydrogen (secondary N) is 2. The van der Waals surface area contributed by atoms with Crippen LogP contribution in [-0.2, 0) is 4.79 Å². The SMILES string of the molecule is CCCCCC(C)NC(=NC)NCCCN1CCCC1C(=O)N(C)C. The highest BCUT2D eigenvalue weighted by Crippen LogP contribution is 2.18. The molecular weight excluding hydrogens is 314 g/mol. The Balaban J connectivity index is 2.25. The van der Waals surface area contributed by atoms with E-state index in [1.807, 2.05) is 21.1 Å². The lowest BCUT2D eigenvalue weighted by Gasteiger charge is -2.26. The number of hydrogen-bond acceptors (Lipinski definition) is 3. The van der Waals surface area contributed by atoms with Gasteiger partial charge in [-0.25, -0.2) is 0 Å². The van der Waals surface area contributed by atoms with Crippen LogP contribution in [0.25, 0.3) is 0 Å². The molecule has 0 saturated carbocycles. The fourth-order valence-corrected chi connectivity index (χ4v) is 3.36. The summed E-state index contributed by atoms with van der Waals surface area (Å²) in [5.41, 5.74) is 0. The number of likely N-dealkylation sites (tertiary alicyclic amines) is 1. The lowest BCUT2D eigenvalue weighted by atomic mass is 10.1. The van der Waals surface area contributed by atoms with Gasteiger partial charge in [-0.2, -0.15) is 0 Å². The van der Waals surface area contributed by atoms with E-state index >= 15 is 0 Å². The molecule has 0 bridgehead atoms. The van der Waals surface area contributed by atoms with Crippen LogP contribution in [0.5, 0.6) is 0 Å². The molecule has 0 aromatic carbocycles. The summed E-state index contributed by atoms with van der Waals surface area (Å²) in [5, 5.41) is 6.86. The highest BCUT2D eigenvalue weighted by atomic mass is 16.2. The largest absolute Gasteiger partial charge is 0.356 e. The van der Waals surface area contributed by atoms with E-state index in [1.165, 1.54) is 25.7 Å². The molecule has 146 valence electrons. The van der Waals surface area contributed by atoms with Crippen molar-refractivity contribution in [3.05, 3.63) is 0 Å². The molecule has 0 spiro atoms. The zero-order valence-corrected chi connectivity index (χ0v) is 17.0. The van der Waals surface area contributed by atoms with Crippen LogP contribution < -0.4 is 10.6 Å². The first-order valence-corrected chi connectivity index (χ1v) is 9.92. The number of amides is 1. The number of carbonyl (C=O) groups excluding carboxylic acids is 1. The molecule has 0 aliphatic carbocycles. The third kappa shape index (κ3) is 8.08. The van der Waals surface area contributed by atoms with Gasteiger partial charge in [-0.05, 0) is 39.2 Å². The normalized spacial score (nSPS) is 19.7. The van der Waals surface area contributed by atoms with Crippen molar-refractivity contribution in [3.63, 3.8) is 0 Å². The first-order chi connectivity index (χ1) is 12.0. The topological polar surface area (TPSA) is 60.0 Å². The molecule has 2 atom stereocenters. The minimum absolute atomic E-state index is 0.0750. The summed E-state index contributed by atoms with van der Waals surface area (Å²) >= 11 is 0. The van der Waals surface area contributed by atoms with Crippen LogP contribution in [0.2, 0.25) is 0 Å². The number of nitrogens with zero attached hydrogens (tertiary/aromatic N) is 3. The average Bonchev–Trinajstić information content (AvgIpc) is 3.05. The molecule has 6 heteroatoms. The third-order valence-electron chi connectivity index (χ3n) is 4.85. The maximum absolute atomic E-state index is 12.2. The lowest BCUT2D eigenvalue weighted by molar-refractivity contribution is -0.133. The van der Waals surface area contributed by atoms with Gasteiger partial charge in [-0.3, -0.25) is 14.7 Å². The summed E-state index contributed by atoms with van der Waals surface area (Å²) in [4.78, 5) is 20.6. The highest BCUT2D eigenvalue weighted by Gasteiger charge is 2.30. The first-order valence-electron chi connectivity index (χ1n) is 9.92. The number of unbranched alkanes of at least 4 members (excludes halogenated alkanes) is 2. The van der Waals surface area contributed by atoms with Gasteiger partial charge in [0.25, 0.3) is 0 Å². The molecule has 0 aromatic heterocycles. The Morgan fingerprint density at radius 3 is 2.72 bits per heavy atom. The second-order valence-electron chi connectivity index (χ2n) is 7.32. The maximum atomic E-state index is 12.2. The van der Waals surface area contributed by atoms with Gasteiger partial charge in [-0.1, -0.05) is 26.2 Å². The van der Waals surface area contributed by atoms with Crippen LogP contribution in [0.3, 0.4) is 0 Å². The molecule has 2 unspecified atom stereocenters. The summed E-state index contributed by atoms with van der Waals surface area (Å²) in [6.07, 6.45) is 8.12.